The fraction of sp³-hybridized carbons (Fsp3) is 0.800. The van der Waals surface area contributed by atoms with E-state index in [0.717, 1.165) is 19.4 Å². The number of carbonyl (C=O) groups is 2. The maximum atomic E-state index is 11.7. The van der Waals surface area contributed by atoms with E-state index >= 15 is 0 Å². The second-order valence-electron chi connectivity index (χ2n) is 4.08. The molecule has 2 rings (SSSR count). The molecule has 0 aromatic rings. The second-order valence-corrected chi connectivity index (χ2v) is 4.08. The van der Waals surface area contributed by atoms with Crippen molar-refractivity contribution >= 4 is 11.8 Å². The summed E-state index contributed by atoms with van der Waals surface area (Å²) in [7, 11) is 0. The van der Waals surface area contributed by atoms with Crippen LogP contribution in [-0.4, -0.2) is 42.5 Å². The monoisotopic (exact) mass is 211 g/mol. The van der Waals surface area contributed by atoms with Crippen LogP contribution < -0.4 is 10.6 Å². The molecule has 2 fully saturated rings. The zero-order valence-electron chi connectivity index (χ0n) is 8.79. The number of hydrogen-bond acceptors (Lipinski definition) is 3. The van der Waals surface area contributed by atoms with Gasteiger partial charge in [-0.25, -0.2) is 0 Å². The molecule has 2 amide bonds. The largest absolute Gasteiger partial charge is 0.347 e. The number of nitrogens with one attached hydrogen (secondary N) is 2. The summed E-state index contributed by atoms with van der Waals surface area (Å²) >= 11 is 0. The van der Waals surface area contributed by atoms with Crippen LogP contribution in [0.3, 0.4) is 0 Å². The standard InChI is InChI=1S/C10H17N3O2/c14-9-4-6-13(10(15)7-12-9)8-3-1-2-5-11-8/h8,11H,1-7H2,(H,12,14). The lowest BCUT2D eigenvalue weighted by molar-refractivity contribution is -0.133. The molecular weight excluding hydrogens is 194 g/mol. The Morgan fingerprint density at radius 3 is 2.87 bits per heavy atom. The first-order chi connectivity index (χ1) is 7.27. The third-order valence-corrected chi connectivity index (χ3v) is 3.00. The molecular formula is C10H17N3O2. The molecule has 15 heavy (non-hydrogen) atoms. The minimum atomic E-state index is -0.0262. The van der Waals surface area contributed by atoms with Gasteiger partial charge in [0, 0.05) is 13.0 Å². The zero-order chi connectivity index (χ0) is 10.7. The third kappa shape index (κ3) is 2.47. The number of rotatable bonds is 1. The first-order valence-corrected chi connectivity index (χ1v) is 5.57. The van der Waals surface area contributed by atoms with E-state index in [2.05, 4.69) is 10.6 Å². The minimum Gasteiger partial charge on any atom is -0.347 e. The number of amides is 2. The highest BCUT2D eigenvalue weighted by Crippen LogP contribution is 2.13. The van der Waals surface area contributed by atoms with Crippen molar-refractivity contribution < 1.29 is 9.59 Å². The van der Waals surface area contributed by atoms with Crippen LogP contribution in [0.2, 0.25) is 0 Å². The maximum Gasteiger partial charge on any atom is 0.243 e. The highest BCUT2D eigenvalue weighted by molar-refractivity contribution is 5.87. The summed E-state index contributed by atoms with van der Waals surface area (Å²) in [4.78, 5) is 24.7. The number of nitrogens with zero attached hydrogens (tertiary/aromatic N) is 1. The van der Waals surface area contributed by atoms with Crippen molar-refractivity contribution in [3.63, 3.8) is 0 Å². The summed E-state index contributed by atoms with van der Waals surface area (Å²) in [5.41, 5.74) is 0. The van der Waals surface area contributed by atoms with E-state index in [1.54, 1.807) is 4.90 Å². The average molecular weight is 211 g/mol. The van der Waals surface area contributed by atoms with E-state index < -0.39 is 0 Å². The van der Waals surface area contributed by atoms with Crippen LogP contribution in [0.1, 0.15) is 25.7 Å². The van der Waals surface area contributed by atoms with E-state index in [0.29, 0.717) is 13.0 Å². The Labute approximate surface area is 89.2 Å². The van der Waals surface area contributed by atoms with E-state index in [1.165, 1.54) is 6.42 Å². The molecule has 0 aliphatic carbocycles. The van der Waals surface area contributed by atoms with Gasteiger partial charge in [-0.15, -0.1) is 0 Å². The number of carbonyl (C=O) groups excluding carboxylic acids is 2. The van der Waals surface area contributed by atoms with Gasteiger partial charge >= 0.3 is 0 Å². The Kier molecular flexibility index (Phi) is 3.20. The third-order valence-electron chi connectivity index (χ3n) is 3.00. The van der Waals surface area contributed by atoms with Gasteiger partial charge in [-0.1, -0.05) is 0 Å². The van der Waals surface area contributed by atoms with Crippen LogP contribution in [0.25, 0.3) is 0 Å². The Morgan fingerprint density at radius 1 is 1.27 bits per heavy atom. The summed E-state index contributed by atoms with van der Waals surface area (Å²) < 4.78 is 0. The van der Waals surface area contributed by atoms with E-state index in [-0.39, 0.29) is 24.5 Å². The van der Waals surface area contributed by atoms with Crippen LogP contribution in [0, 0.1) is 0 Å². The Balaban J connectivity index is 1.99. The zero-order valence-corrected chi connectivity index (χ0v) is 8.79. The lowest BCUT2D eigenvalue weighted by atomic mass is 10.1. The molecule has 0 aromatic heterocycles. The van der Waals surface area contributed by atoms with Gasteiger partial charge in [0.1, 0.15) is 0 Å². The smallest absolute Gasteiger partial charge is 0.243 e. The van der Waals surface area contributed by atoms with Gasteiger partial charge < -0.3 is 10.2 Å². The first-order valence-electron chi connectivity index (χ1n) is 5.57. The van der Waals surface area contributed by atoms with Crippen LogP contribution in [0.15, 0.2) is 0 Å². The van der Waals surface area contributed by atoms with Crippen molar-refractivity contribution in [1.82, 2.24) is 15.5 Å². The summed E-state index contributed by atoms with van der Waals surface area (Å²) in [6, 6.07) is 0. The predicted octanol–water partition coefficient (Wildman–Crippen LogP) is -0.565. The van der Waals surface area contributed by atoms with Gasteiger partial charge in [-0.3, -0.25) is 14.9 Å². The normalized spacial score (nSPS) is 28.5. The molecule has 0 spiro atoms. The molecule has 5 heteroatoms. The summed E-state index contributed by atoms with van der Waals surface area (Å²) in [6.45, 7) is 1.66. The quantitative estimate of drug-likeness (QED) is 0.611. The molecule has 2 aliphatic heterocycles. The molecule has 2 saturated heterocycles. The molecule has 2 N–H and O–H groups in total. The van der Waals surface area contributed by atoms with Crippen molar-refractivity contribution in [2.75, 3.05) is 19.6 Å². The SMILES string of the molecule is O=C1CCN(C2CCCCN2)C(=O)CN1. The fourth-order valence-corrected chi connectivity index (χ4v) is 2.14. The molecule has 0 saturated carbocycles. The molecule has 1 atom stereocenters. The van der Waals surface area contributed by atoms with Crippen molar-refractivity contribution in [3.8, 4) is 0 Å². The average Bonchev–Trinajstić information content (AvgIpc) is 2.43. The van der Waals surface area contributed by atoms with Crippen molar-refractivity contribution in [2.24, 2.45) is 0 Å². The molecule has 0 radical (unpaired) electrons. The Morgan fingerprint density at radius 2 is 2.13 bits per heavy atom. The van der Waals surface area contributed by atoms with Crippen molar-refractivity contribution in [3.05, 3.63) is 0 Å². The van der Waals surface area contributed by atoms with Crippen LogP contribution in [0.4, 0.5) is 0 Å². The molecule has 5 nitrogen and oxygen atoms in total. The molecule has 84 valence electrons. The first kappa shape index (κ1) is 10.4. The summed E-state index contributed by atoms with van der Waals surface area (Å²) in [5.74, 6) is 0.00177. The number of hydrogen-bond donors (Lipinski definition) is 2. The van der Waals surface area contributed by atoms with E-state index in [9.17, 15) is 9.59 Å². The molecule has 1 unspecified atom stereocenters. The van der Waals surface area contributed by atoms with Gasteiger partial charge in [0.25, 0.3) is 0 Å². The Bertz CT molecular complexity index is 261. The maximum absolute atomic E-state index is 11.7. The van der Waals surface area contributed by atoms with Crippen molar-refractivity contribution in [2.45, 2.75) is 31.8 Å². The van der Waals surface area contributed by atoms with E-state index in [4.69, 9.17) is 0 Å². The molecule has 2 heterocycles. The van der Waals surface area contributed by atoms with Gasteiger partial charge in [0.05, 0.1) is 12.7 Å². The second kappa shape index (κ2) is 4.61. The fourth-order valence-electron chi connectivity index (χ4n) is 2.14. The van der Waals surface area contributed by atoms with Gasteiger partial charge in [0.15, 0.2) is 0 Å². The van der Waals surface area contributed by atoms with Crippen LogP contribution in [-0.2, 0) is 9.59 Å². The molecule has 0 aromatic carbocycles. The van der Waals surface area contributed by atoms with Gasteiger partial charge in [-0.05, 0) is 25.8 Å². The van der Waals surface area contributed by atoms with Crippen molar-refractivity contribution in [1.29, 1.82) is 0 Å². The number of piperidine rings is 1. The van der Waals surface area contributed by atoms with Gasteiger partial charge in [0.2, 0.25) is 11.8 Å². The summed E-state index contributed by atoms with van der Waals surface area (Å²) in [6.07, 6.45) is 3.89. The molecule has 2 aliphatic rings. The lowest BCUT2D eigenvalue weighted by Gasteiger charge is -2.33. The molecule has 0 bridgehead atoms. The Hall–Kier alpha value is -1.10. The van der Waals surface area contributed by atoms with Crippen LogP contribution in [0.5, 0.6) is 0 Å². The predicted molar refractivity (Wildman–Crippen MR) is 55.0 cm³/mol. The van der Waals surface area contributed by atoms with Gasteiger partial charge in [-0.2, -0.15) is 0 Å². The van der Waals surface area contributed by atoms with Crippen LogP contribution >= 0.6 is 0 Å². The highest BCUT2D eigenvalue weighted by atomic mass is 16.2. The highest BCUT2D eigenvalue weighted by Gasteiger charge is 2.27. The van der Waals surface area contributed by atoms with E-state index in [1.807, 2.05) is 0 Å². The summed E-state index contributed by atoms with van der Waals surface area (Å²) in [5, 5.41) is 5.93. The lowest BCUT2D eigenvalue weighted by Crippen LogP contribution is -2.51. The topological polar surface area (TPSA) is 61.4 Å². The minimum absolute atomic E-state index is 0.0262.